The number of guanidine groups is 1. The van der Waals surface area contributed by atoms with Crippen LogP contribution in [0.1, 0.15) is 30.9 Å². The van der Waals surface area contributed by atoms with Crippen molar-refractivity contribution in [3.05, 3.63) is 35.4 Å². The summed E-state index contributed by atoms with van der Waals surface area (Å²) >= 11 is 0. The van der Waals surface area contributed by atoms with Gasteiger partial charge in [-0.05, 0) is 57.5 Å². The van der Waals surface area contributed by atoms with Crippen LogP contribution in [0.5, 0.6) is 0 Å². The molecule has 5 nitrogen and oxygen atoms in total. The summed E-state index contributed by atoms with van der Waals surface area (Å²) in [6.07, 6.45) is -1.46. The fourth-order valence-electron chi connectivity index (χ4n) is 3.24. The summed E-state index contributed by atoms with van der Waals surface area (Å²) in [5, 5.41) is 6.48. The van der Waals surface area contributed by atoms with Crippen molar-refractivity contribution in [2.75, 3.05) is 59.4 Å². The minimum Gasteiger partial charge on any atom is -0.357 e. The van der Waals surface area contributed by atoms with Crippen molar-refractivity contribution in [3.8, 4) is 0 Å². The van der Waals surface area contributed by atoms with Crippen LogP contribution in [-0.2, 0) is 12.6 Å². The first kappa shape index (κ1) is 23.5. The molecule has 0 amide bonds. The van der Waals surface area contributed by atoms with Gasteiger partial charge in [0.15, 0.2) is 5.96 Å². The van der Waals surface area contributed by atoms with E-state index in [-0.39, 0.29) is 0 Å². The van der Waals surface area contributed by atoms with Gasteiger partial charge in [-0.15, -0.1) is 0 Å². The van der Waals surface area contributed by atoms with E-state index in [1.165, 1.54) is 12.1 Å². The number of alkyl halides is 3. The Morgan fingerprint density at radius 1 is 1.03 bits per heavy atom. The number of hydrogen-bond donors (Lipinski definition) is 2. The van der Waals surface area contributed by atoms with Gasteiger partial charge in [0.05, 0.1) is 5.56 Å². The Kier molecular flexibility index (Phi) is 9.73. The summed E-state index contributed by atoms with van der Waals surface area (Å²) in [5.41, 5.74) is 0.259. The third-order valence-corrected chi connectivity index (χ3v) is 5.08. The zero-order chi connectivity index (χ0) is 21.1. The van der Waals surface area contributed by atoms with Crippen LogP contribution in [0.4, 0.5) is 13.2 Å². The molecule has 0 aromatic heterocycles. The summed E-state index contributed by atoms with van der Waals surface area (Å²) in [7, 11) is 2.17. The average Bonchev–Trinajstić information content (AvgIpc) is 2.69. The van der Waals surface area contributed by atoms with Gasteiger partial charge in [-0.3, -0.25) is 4.99 Å². The predicted octanol–water partition coefficient (Wildman–Crippen LogP) is 2.83. The fraction of sp³-hybridized carbons (Fsp3) is 0.667. The lowest BCUT2D eigenvalue weighted by molar-refractivity contribution is -0.137. The molecule has 164 valence electrons. The van der Waals surface area contributed by atoms with Crippen molar-refractivity contribution in [1.29, 1.82) is 0 Å². The van der Waals surface area contributed by atoms with E-state index in [4.69, 9.17) is 0 Å². The Balaban J connectivity index is 1.66. The van der Waals surface area contributed by atoms with Crippen molar-refractivity contribution >= 4 is 5.96 Å². The lowest BCUT2D eigenvalue weighted by Crippen LogP contribution is -2.44. The van der Waals surface area contributed by atoms with Crippen molar-refractivity contribution in [1.82, 2.24) is 20.4 Å². The second-order valence-electron chi connectivity index (χ2n) is 7.48. The predicted molar refractivity (Wildman–Crippen MR) is 112 cm³/mol. The first-order valence-corrected chi connectivity index (χ1v) is 10.5. The molecule has 1 aromatic rings. The Hall–Kier alpha value is -1.80. The number of nitrogens with one attached hydrogen (secondary N) is 2. The highest BCUT2D eigenvalue weighted by atomic mass is 19.4. The molecule has 0 atom stereocenters. The molecular weight excluding hydrogens is 379 g/mol. The van der Waals surface area contributed by atoms with Crippen LogP contribution < -0.4 is 10.6 Å². The fourth-order valence-corrected chi connectivity index (χ4v) is 3.24. The number of rotatable bonds is 9. The number of nitrogens with zero attached hydrogens (tertiary/aromatic N) is 3. The molecule has 29 heavy (non-hydrogen) atoms. The minimum atomic E-state index is -4.29. The van der Waals surface area contributed by atoms with Crippen LogP contribution in [-0.4, -0.2) is 75.2 Å². The van der Waals surface area contributed by atoms with Crippen molar-refractivity contribution < 1.29 is 13.2 Å². The van der Waals surface area contributed by atoms with Gasteiger partial charge in [0.2, 0.25) is 0 Å². The van der Waals surface area contributed by atoms with Crippen LogP contribution in [0.25, 0.3) is 0 Å². The highest BCUT2D eigenvalue weighted by Gasteiger charge is 2.29. The van der Waals surface area contributed by atoms with E-state index in [1.54, 1.807) is 0 Å². The number of benzene rings is 1. The van der Waals surface area contributed by atoms with E-state index in [0.29, 0.717) is 13.0 Å². The smallest absolute Gasteiger partial charge is 0.357 e. The van der Waals surface area contributed by atoms with Crippen LogP contribution >= 0.6 is 0 Å². The van der Waals surface area contributed by atoms with Gasteiger partial charge >= 0.3 is 6.18 Å². The molecule has 1 aromatic carbocycles. The molecule has 1 fully saturated rings. The molecule has 0 unspecified atom stereocenters. The first-order valence-electron chi connectivity index (χ1n) is 10.5. The zero-order valence-electron chi connectivity index (χ0n) is 17.6. The third-order valence-electron chi connectivity index (χ3n) is 5.08. The van der Waals surface area contributed by atoms with Crippen LogP contribution in [0.15, 0.2) is 29.3 Å². The third kappa shape index (κ3) is 9.04. The van der Waals surface area contributed by atoms with E-state index >= 15 is 0 Å². The van der Waals surface area contributed by atoms with Gasteiger partial charge in [0.1, 0.15) is 0 Å². The molecule has 1 aliphatic heterocycles. The molecule has 8 heteroatoms. The number of unbranched alkanes of at least 4 members (excludes halogenated alkanes) is 1. The SMILES string of the molecule is CCNC(=NCCCCN1CCN(C)CC1)NCCc1ccc(C(F)(F)F)cc1. The van der Waals surface area contributed by atoms with E-state index < -0.39 is 11.7 Å². The van der Waals surface area contributed by atoms with Crippen molar-refractivity contribution in [2.45, 2.75) is 32.4 Å². The highest BCUT2D eigenvalue weighted by Crippen LogP contribution is 2.29. The number of halogens is 3. The lowest BCUT2D eigenvalue weighted by Gasteiger charge is -2.32. The van der Waals surface area contributed by atoms with Gasteiger partial charge in [0.25, 0.3) is 0 Å². The largest absolute Gasteiger partial charge is 0.416 e. The van der Waals surface area contributed by atoms with E-state index in [1.807, 2.05) is 6.92 Å². The Morgan fingerprint density at radius 3 is 2.34 bits per heavy atom. The number of piperazine rings is 1. The number of likely N-dealkylation sites (N-methyl/N-ethyl adjacent to an activating group) is 1. The molecule has 0 bridgehead atoms. The second kappa shape index (κ2) is 12.0. The summed E-state index contributed by atoms with van der Waals surface area (Å²) in [6.45, 7) is 9.88. The Bertz CT molecular complexity index is 608. The highest BCUT2D eigenvalue weighted by molar-refractivity contribution is 5.79. The van der Waals surface area contributed by atoms with Crippen molar-refractivity contribution in [3.63, 3.8) is 0 Å². The molecule has 0 saturated carbocycles. The second-order valence-corrected chi connectivity index (χ2v) is 7.48. The quantitative estimate of drug-likeness (QED) is 0.371. The van der Waals surface area contributed by atoms with Gasteiger partial charge in [0, 0.05) is 45.8 Å². The maximum atomic E-state index is 12.6. The van der Waals surface area contributed by atoms with Crippen LogP contribution in [0, 0.1) is 0 Å². The summed E-state index contributed by atoms with van der Waals surface area (Å²) in [6, 6.07) is 5.34. The normalized spacial score (nSPS) is 16.8. The molecule has 1 saturated heterocycles. The molecule has 2 N–H and O–H groups in total. The molecule has 0 radical (unpaired) electrons. The van der Waals surface area contributed by atoms with Crippen LogP contribution in [0.3, 0.4) is 0 Å². The van der Waals surface area contributed by atoms with Crippen LogP contribution in [0.2, 0.25) is 0 Å². The van der Waals surface area contributed by atoms with E-state index in [2.05, 4.69) is 32.5 Å². The maximum Gasteiger partial charge on any atom is 0.416 e. The van der Waals surface area contributed by atoms with Gasteiger partial charge < -0.3 is 20.4 Å². The molecule has 1 heterocycles. The number of hydrogen-bond acceptors (Lipinski definition) is 3. The van der Waals surface area contributed by atoms with Gasteiger partial charge in [-0.1, -0.05) is 12.1 Å². The lowest BCUT2D eigenvalue weighted by atomic mass is 10.1. The molecular formula is C21H34F3N5. The van der Waals surface area contributed by atoms with E-state index in [0.717, 1.165) is 82.3 Å². The monoisotopic (exact) mass is 413 g/mol. The minimum absolute atomic E-state index is 0.610. The summed E-state index contributed by atoms with van der Waals surface area (Å²) in [4.78, 5) is 9.48. The zero-order valence-corrected chi connectivity index (χ0v) is 17.6. The Labute approximate surface area is 172 Å². The number of aliphatic imine (C=N–C) groups is 1. The standard InChI is InChI=1S/C21H34F3N5/c1-3-25-20(26-11-4-5-13-29-16-14-28(2)15-17-29)27-12-10-18-6-8-19(9-7-18)21(22,23)24/h6-9H,3-5,10-17H2,1-2H3,(H2,25,26,27). The summed E-state index contributed by atoms with van der Waals surface area (Å²) < 4.78 is 37.8. The van der Waals surface area contributed by atoms with Crippen molar-refractivity contribution in [2.24, 2.45) is 4.99 Å². The van der Waals surface area contributed by atoms with Gasteiger partial charge in [-0.2, -0.15) is 13.2 Å². The molecule has 1 aliphatic rings. The Morgan fingerprint density at radius 2 is 1.72 bits per heavy atom. The first-order chi connectivity index (χ1) is 13.9. The van der Waals surface area contributed by atoms with E-state index in [9.17, 15) is 13.2 Å². The average molecular weight is 414 g/mol. The van der Waals surface area contributed by atoms with Gasteiger partial charge in [-0.25, -0.2) is 0 Å². The molecule has 0 aliphatic carbocycles. The molecule has 0 spiro atoms. The molecule has 2 rings (SSSR count). The maximum absolute atomic E-state index is 12.6. The topological polar surface area (TPSA) is 42.9 Å². The summed E-state index contributed by atoms with van der Waals surface area (Å²) in [5.74, 6) is 0.763.